The Bertz CT molecular complexity index is 570. The lowest BCUT2D eigenvalue weighted by Crippen LogP contribution is -2.42. The fourth-order valence-electron chi connectivity index (χ4n) is 3.98. The minimum Gasteiger partial charge on any atom is -0.384 e. The minimum absolute atomic E-state index is 0.165. The molecular weight excluding hydrogens is 307 g/mol. The maximum atomic E-state index is 13.3. The van der Waals surface area contributed by atoms with Crippen molar-refractivity contribution in [3.8, 4) is 0 Å². The maximum absolute atomic E-state index is 13.3. The van der Waals surface area contributed by atoms with Crippen molar-refractivity contribution in [1.82, 2.24) is 9.80 Å². The third-order valence-corrected chi connectivity index (χ3v) is 5.52. The first-order valence-corrected chi connectivity index (χ1v) is 8.84. The standard InChI is InChI=1S/C19H27FN2O2/c1-24-12-5-18(23)22-11-8-19(15-22)6-9-21(10-7-19)14-16-3-2-4-17(20)13-16/h2-4,13H,5-12,14-15H2,1H3. The second-order valence-corrected chi connectivity index (χ2v) is 7.21. The molecule has 2 fully saturated rings. The highest BCUT2D eigenvalue weighted by atomic mass is 19.1. The lowest BCUT2D eigenvalue weighted by Gasteiger charge is -2.39. The molecule has 1 amide bonds. The molecule has 2 heterocycles. The van der Waals surface area contributed by atoms with E-state index < -0.39 is 0 Å². The molecule has 0 atom stereocenters. The molecule has 0 saturated carbocycles. The molecule has 0 aromatic heterocycles. The van der Waals surface area contributed by atoms with Gasteiger partial charge in [0.25, 0.3) is 0 Å². The summed E-state index contributed by atoms with van der Waals surface area (Å²) in [6.07, 6.45) is 3.84. The van der Waals surface area contributed by atoms with Crippen LogP contribution in [-0.2, 0) is 16.1 Å². The van der Waals surface area contributed by atoms with Gasteiger partial charge in [-0.3, -0.25) is 9.69 Å². The second kappa shape index (κ2) is 7.62. The number of carbonyl (C=O) groups excluding carboxylic acids is 1. The Morgan fingerprint density at radius 1 is 1.25 bits per heavy atom. The Kier molecular flexibility index (Phi) is 5.51. The molecule has 0 unspecified atom stereocenters. The van der Waals surface area contributed by atoms with Crippen molar-refractivity contribution in [2.75, 3.05) is 39.9 Å². The number of halogens is 1. The highest BCUT2D eigenvalue weighted by Crippen LogP contribution is 2.40. The normalized spacial score (nSPS) is 20.7. The topological polar surface area (TPSA) is 32.8 Å². The second-order valence-electron chi connectivity index (χ2n) is 7.21. The summed E-state index contributed by atoms with van der Waals surface area (Å²) in [5, 5.41) is 0. The number of carbonyl (C=O) groups is 1. The van der Waals surface area contributed by atoms with Crippen LogP contribution in [0.1, 0.15) is 31.2 Å². The van der Waals surface area contributed by atoms with Gasteiger partial charge < -0.3 is 9.64 Å². The van der Waals surface area contributed by atoms with Crippen LogP contribution in [0.5, 0.6) is 0 Å². The van der Waals surface area contributed by atoms with Crippen molar-refractivity contribution in [3.63, 3.8) is 0 Å². The molecular formula is C19H27FN2O2. The summed E-state index contributed by atoms with van der Waals surface area (Å²) < 4.78 is 18.3. The molecule has 0 radical (unpaired) electrons. The third kappa shape index (κ3) is 4.14. The van der Waals surface area contributed by atoms with Crippen LogP contribution in [0.15, 0.2) is 24.3 Å². The predicted octanol–water partition coefficient (Wildman–Crippen LogP) is 2.68. The number of methoxy groups -OCH3 is 1. The van der Waals surface area contributed by atoms with Gasteiger partial charge in [-0.1, -0.05) is 12.1 Å². The fourth-order valence-corrected chi connectivity index (χ4v) is 3.98. The Morgan fingerprint density at radius 3 is 2.71 bits per heavy atom. The van der Waals surface area contributed by atoms with Gasteiger partial charge in [0.2, 0.25) is 5.91 Å². The number of hydrogen-bond donors (Lipinski definition) is 0. The van der Waals surface area contributed by atoms with E-state index in [1.807, 2.05) is 11.0 Å². The largest absolute Gasteiger partial charge is 0.384 e. The van der Waals surface area contributed by atoms with Crippen LogP contribution in [0.2, 0.25) is 0 Å². The van der Waals surface area contributed by atoms with Gasteiger partial charge >= 0.3 is 0 Å². The van der Waals surface area contributed by atoms with E-state index in [1.54, 1.807) is 19.2 Å². The monoisotopic (exact) mass is 334 g/mol. The van der Waals surface area contributed by atoms with Crippen LogP contribution in [0.4, 0.5) is 4.39 Å². The summed E-state index contributed by atoms with van der Waals surface area (Å²) in [5.74, 6) is 0.0536. The van der Waals surface area contributed by atoms with Crippen LogP contribution < -0.4 is 0 Å². The smallest absolute Gasteiger partial charge is 0.224 e. The average Bonchev–Trinajstić information content (AvgIpc) is 2.99. The van der Waals surface area contributed by atoms with E-state index in [0.717, 1.165) is 57.5 Å². The number of ether oxygens (including phenoxy) is 1. The van der Waals surface area contributed by atoms with Crippen molar-refractivity contribution in [2.45, 2.75) is 32.2 Å². The van der Waals surface area contributed by atoms with Gasteiger partial charge in [0.05, 0.1) is 13.0 Å². The highest BCUT2D eigenvalue weighted by Gasteiger charge is 2.41. The molecule has 5 heteroatoms. The van der Waals surface area contributed by atoms with Crippen molar-refractivity contribution in [1.29, 1.82) is 0 Å². The molecule has 2 aliphatic heterocycles. The zero-order valence-corrected chi connectivity index (χ0v) is 14.5. The number of amides is 1. The van der Waals surface area contributed by atoms with Gasteiger partial charge in [-0.15, -0.1) is 0 Å². The summed E-state index contributed by atoms with van der Waals surface area (Å²) in [4.78, 5) is 16.6. The molecule has 132 valence electrons. The van der Waals surface area contributed by atoms with E-state index >= 15 is 0 Å². The van der Waals surface area contributed by atoms with Gasteiger partial charge in [-0.05, 0) is 55.5 Å². The lowest BCUT2D eigenvalue weighted by molar-refractivity contribution is -0.131. The van der Waals surface area contributed by atoms with E-state index in [4.69, 9.17) is 4.74 Å². The number of piperidine rings is 1. The molecule has 3 rings (SSSR count). The number of rotatable bonds is 5. The van der Waals surface area contributed by atoms with Crippen LogP contribution in [0.25, 0.3) is 0 Å². The van der Waals surface area contributed by atoms with Gasteiger partial charge in [0.1, 0.15) is 5.82 Å². The molecule has 1 aromatic carbocycles. The summed E-state index contributed by atoms with van der Waals surface area (Å²) in [6, 6.07) is 6.87. The van der Waals surface area contributed by atoms with Crippen LogP contribution in [0.3, 0.4) is 0 Å². The van der Waals surface area contributed by atoms with E-state index in [2.05, 4.69) is 4.90 Å². The van der Waals surface area contributed by atoms with Gasteiger partial charge in [-0.2, -0.15) is 0 Å². The van der Waals surface area contributed by atoms with E-state index in [9.17, 15) is 9.18 Å². The van der Waals surface area contributed by atoms with E-state index in [-0.39, 0.29) is 11.7 Å². The first-order chi connectivity index (χ1) is 11.6. The van der Waals surface area contributed by atoms with Gasteiger partial charge in [-0.25, -0.2) is 4.39 Å². The SMILES string of the molecule is COCCC(=O)N1CCC2(CCN(Cc3cccc(F)c3)CC2)C1. The number of likely N-dealkylation sites (tertiary alicyclic amines) is 2. The van der Waals surface area contributed by atoms with Crippen molar-refractivity contribution >= 4 is 5.91 Å². The molecule has 1 aromatic rings. The lowest BCUT2D eigenvalue weighted by atomic mass is 9.77. The van der Waals surface area contributed by atoms with Crippen LogP contribution in [-0.4, -0.2) is 55.6 Å². The quantitative estimate of drug-likeness (QED) is 0.830. The first kappa shape index (κ1) is 17.4. The highest BCUT2D eigenvalue weighted by molar-refractivity contribution is 5.76. The Balaban J connectivity index is 1.49. The summed E-state index contributed by atoms with van der Waals surface area (Å²) in [6.45, 7) is 5.14. The molecule has 0 bridgehead atoms. The number of nitrogens with zero attached hydrogens (tertiary/aromatic N) is 2. The summed E-state index contributed by atoms with van der Waals surface area (Å²) in [5.41, 5.74) is 1.33. The predicted molar refractivity (Wildman–Crippen MR) is 91.0 cm³/mol. The van der Waals surface area contributed by atoms with Gasteiger partial charge in [0.15, 0.2) is 0 Å². The Labute approximate surface area is 143 Å². The first-order valence-electron chi connectivity index (χ1n) is 8.84. The molecule has 1 spiro atoms. The van der Waals surface area contributed by atoms with Gasteiger partial charge in [0, 0.05) is 26.7 Å². The van der Waals surface area contributed by atoms with Crippen molar-refractivity contribution in [2.24, 2.45) is 5.41 Å². The zero-order valence-electron chi connectivity index (χ0n) is 14.5. The molecule has 4 nitrogen and oxygen atoms in total. The molecule has 0 N–H and O–H groups in total. The fraction of sp³-hybridized carbons (Fsp3) is 0.632. The minimum atomic E-state index is -0.165. The molecule has 0 aliphatic carbocycles. The molecule has 2 saturated heterocycles. The van der Waals surface area contributed by atoms with E-state index in [0.29, 0.717) is 18.4 Å². The molecule has 2 aliphatic rings. The van der Waals surface area contributed by atoms with Crippen LogP contribution in [0, 0.1) is 11.2 Å². The van der Waals surface area contributed by atoms with E-state index in [1.165, 1.54) is 6.07 Å². The summed E-state index contributed by atoms with van der Waals surface area (Å²) >= 11 is 0. The maximum Gasteiger partial charge on any atom is 0.224 e. The number of hydrogen-bond acceptors (Lipinski definition) is 3. The molecule has 24 heavy (non-hydrogen) atoms. The van der Waals surface area contributed by atoms with Crippen molar-refractivity contribution < 1.29 is 13.9 Å². The Morgan fingerprint density at radius 2 is 2.00 bits per heavy atom. The summed E-state index contributed by atoms with van der Waals surface area (Å²) in [7, 11) is 1.63. The third-order valence-electron chi connectivity index (χ3n) is 5.52. The average molecular weight is 334 g/mol. The van der Waals surface area contributed by atoms with Crippen LogP contribution >= 0.6 is 0 Å². The number of benzene rings is 1. The van der Waals surface area contributed by atoms with Crippen molar-refractivity contribution in [3.05, 3.63) is 35.6 Å². The zero-order chi connectivity index (χ0) is 17.0. The Hall–Kier alpha value is -1.46.